The molecule has 0 radical (unpaired) electrons. The molecule has 2 aromatic heterocycles. The van der Waals surface area contributed by atoms with Gasteiger partial charge in [0.1, 0.15) is 0 Å². The van der Waals surface area contributed by atoms with Crippen LogP contribution in [0.1, 0.15) is 42.4 Å². The molecule has 0 bridgehead atoms. The summed E-state index contributed by atoms with van der Waals surface area (Å²) in [5.74, 6) is -0.470. The molecule has 194 valence electrons. The maximum Gasteiger partial charge on any atom is 0.338 e. The normalized spacial score (nSPS) is 15.4. The van der Waals surface area contributed by atoms with Gasteiger partial charge in [0, 0.05) is 17.1 Å². The van der Waals surface area contributed by atoms with Crippen molar-refractivity contribution >= 4 is 46.6 Å². The summed E-state index contributed by atoms with van der Waals surface area (Å²) in [6, 6.07) is 16.4. The number of benzene rings is 2. The molecule has 1 unspecified atom stereocenters. The third-order valence-electron chi connectivity index (χ3n) is 6.55. The molecule has 1 atom stereocenters. The van der Waals surface area contributed by atoms with Gasteiger partial charge in [-0.2, -0.15) is 0 Å². The summed E-state index contributed by atoms with van der Waals surface area (Å²) in [6.45, 7) is 7.77. The van der Waals surface area contributed by atoms with Gasteiger partial charge in [0.25, 0.3) is 5.56 Å². The fourth-order valence-corrected chi connectivity index (χ4v) is 6.17. The molecule has 0 amide bonds. The Hall–Kier alpha value is -3.39. The van der Waals surface area contributed by atoms with Gasteiger partial charge in [-0.3, -0.25) is 9.36 Å². The highest BCUT2D eigenvalue weighted by Gasteiger charge is 2.33. The molecule has 0 aliphatic carbocycles. The first-order valence-corrected chi connectivity index (χ1v) is 13.7. The van der Waals surface area contributed by atoms with E-state index in [2.05, 4.69) is 9.56 Å². The van der Waals surface area contributed by atoms with Crippen molar-refractivity contribution in [1.82, 2.24) is 9.13 Å². The molecular weight excluding hydrogens is 541 g/mol. The van der Waals surface area contributed by atoms with E-state index in [1.54, 1.807) is 24.5 Å². The average Bonchev–Trinajstić information content (AvgIpc) is 3.34. The molecule has 3 heterocycles. The number of thiazole rings is 1. The average molecular weight is 567 g/mol. The van der Waals surface area contributed by atoms with Crippen molar-refractivity contribution in [2.24, 2.45) is 4.99 Å². The number of aryl methyl sites for hydroxylation is 1. The molecule has 0 spiro atoms. The first kappa shape index (κ1) is 26.2. The van der Waals surface area contributed by atoms with E-state index in [1.807, 2.05) is 68.5 Å². The SMILES string of the molecule is CCOC(=O)C1=C(C)N=c2sc(=Cc3cc(C)n(-c4ccc(Cl)c(Cl)c4)c3C)c(=O)n2C1c1ccccc1. The number of carbonyl (C=O) groups excluding carboxylic acids is 1. The molecule has 6 nitrogen and oxygen atoms in total. The topological polar surface area (TPSA) is 65.6 Å². The molecule has 9 heteroatoms. The highest BCUT2D eigenvalue weighted by molar-refractivity contribution is 7.07. The maximum atomic E-state index is 13.9. The van der Waals surface area contributed by atoms with E-state index in [-0.39, 0.29) is 12.2 Å². The van der Waals surface area contributed by atoms with Crippen LogP contribution in [0.15, 0.2) is 75.7 Å². The summed E-state index contributed by atoms with van der Waals surface area (Å²) >= 11 is 13.7. The quantitative estimate of drug-likeness (QED) is 0.299. The number of allylic oxidation sites excluding steroid dienone is 1. The number of fused-ring (bicyclic) bond motifs is 1. The third kappa shape index (κ3) is 4.55. The smallest absolute Gasteiger partial charge is 0.338 e. The Morgan fingerprint density at radius 2 is 1.82 bits per heavy atom. The Bertz CT molecular complexity index is 1780. The van der Waals surface area contributed by atoms with Gasteiger partial charge < -0.3 is 9.30 Å². The van der Waals surface area contributed by atoms with Crippen molar-refractivity contribution < 1.29 is 9.53 Å². The van der Waals surface area contributed by atoms with Gasteiger partial charge in [-0.1, -0.05) is 64.9 Å². The number of esters is 1. The zero-order valence-electron chi connectivity index (χ0n) is 21.3. The van der Waals surface area contributed by atoms with E-state index in [4.69, 9.17) is 27.9 Å². The van der Waals surface area contributed by atoms with Crippen LogP contribution < -0.4 is 14.9 Å². The van der Waals surface area contributed by atoms with Crippen LogP contribution in [-0.2, 0) is 9.53 Å². The van der Waals surface area contributed by atoms with Crippen molar-refractivity contribution in [3.8, 4) is 5.69 Å². The number of hydrogen-bond acceptors (Lipinski definition) is 5. The number of carbonyl (C=O) groups is 1. The molecule has 0 saturated heterocycles. The van der Waals surface area contributed by atoms with Crippen LogP contribution in [0.4, 0.5) is 0 Å². The summed E-state index contributed by atoms with van der Waals surface area (Å²) in [6.07, 6.45) is 1.88. The second-order valence-corrected chi connectivity index (χ2v) is 10.8. The van der Waals surface area contributed by atoms with Gasteiger partial charge in [-0.25, -0.2) is 9.79 Å². The zero-order valence-corrected chi connectivity index (χ0v) is 23.6. The molecule has 5 rings (SSSR count). The van der Waals surface area contributed by atoms with E-state index in [1.165, 1.54) is 11.3 Å². The highest BCUT2D eigenvalue weighted by atomic mass is 35.5. The predicted molar refractivity (Wildman–Crippen MR) is 152 cm³/mol. The summed E-state index contributed by atoms with van der Waals surface area (Å²) in [4.78, 5) is 32.0. The van der Waals surface area contributed by atoms with E-state index >= 15 is 0 Å². The monoisotopic (exact) mass is 565 g/mol. The van der Waals surface area contributed by atoms with Crippen LogP contribution >= 0.6 is 34.5 Å². The van der Waals surface area contributed by atoms with Crippen LogP contribution in [-0.4, -0.2) is 21.7 Å². The number of nitrogens with zero attached hydrogens (tertiary/aromatic N) is 3. The van der Waals surface area contributed by atoms with Crippen LogP contribution in [0, 0.1) is 13.8 Å². The van der Waals surface area contributed by atoms with Crippen molar-refractivity contribution in [1.29, 1.82) is 0 Å². The number of halogens is 2. The van der Waals surface area contributed by atoms with Gasteiger partial charge in [-0.15, -0.1) is 0 Å². The first-order chi connectivity index (χ1) is 18.2. The fourth-order valence-electron chi connectivity index (χ4n) is 4.84. The Morgan fingerprint density at radius 3 is 2.50 bits per heavy atom. The van der Waals surface area contributed by atoms with Gasteiger partial charge in [0.15, 0.2) is 4.80 Å². The molecular formula is C29H25Cl2N3O3S. The lowest BCUT2D eigenvalue weighted by Gasteiger charge is -2.24. The van der Waals surface area contributed by atoms with E-state index < -0.39 is 12.0 Å². The third-order valence-corrected chi connectivity index (χ3v) is 8.27. The first-order valence-electron chi connectivity index (χ1n) is 12.1. The summed E-state index contributed by atoms with van der Waals surface area (Å²) < 4.78 is 9.55. The Balaban J connectivity index is 1.68. The molecule has 0 N–H and O–H groups in total. The lowest BCUT2D eigenvalue weighted by molar-refractivity contribution is -0.139. The fraction of sp³-hybridized carbons (Fsp3) is 0.207. The molecule has 1 aliphatic rings. The van der Waals surface area contributed by atoms with Gasteiger partial charge in [0.05, 0.1) is 38.5 Å². The summed E-state index contributed by atoms with van der Waals surface area (Å²) in [7, 11) is 0. The number of ether oxygens (including phenoxy) is 1. The summed E-state index contributed by atoms with van der Waals surface area (Å²) in [5.41, 5.74) is 5.24. The second-order valence-electron chi connectivity index (χ2n) is 8.97. The Morgan fingerprint density at radius 1 is 1.08 bits per heavy atom. The van der Waals surface area contributed by atoms with Gasteiger partial charge in [0.2, 0.25) is 0 Å². The lowest BCUT2D eigenvalue weighted by Crippen LogP contribution is -2.39. The van der Waals surface area contributed by atoms with Crippen molar-refractivity contribution in [3.05, 3.63) is 118 Å². The Labute approximate surface area is 233 Å². The van der Waals surface area contributed by atoms with Crippen LogP contribution in [0.25, 0.3) is 11.8 Å². The number of rotatable bonds is 5. The molecule has 2 aromatic carbocycles. The van der Waals surface area contributed by atoms with Crippen molar-refractivity contribution in [2.45, 2.75) is 33.7 Å². The maximum absolute atomic E-state index is 13.9. The van der Waals surface area contributed by atoms with Crippen LogP contribution in [0.3, 0.4) is 0 Å². The minimum absolute atomic E-state index is 0.212. The lowest BCUT2D eigenvalue weighted by atomic mass is 9.96. The number of hydrogen-bond donors (Lipinski definition) is 0. The van der Waals surface area contributed by atoms with Crippen LogP contribution in [0.5, 0.6) is 0 Å². The molecule has 38 heavy (non-hydrogen) atoms. The van der Waals surface area contributed by atoms with E-state index in [0.717, 1.165) is 28.2 Å². The highest BCUT2D eigenvalue weighted by Crippen LogP contribution is 2.31. The largest absolute Gasteiger partial charge is 0.463 e. The van der Waals surface area contributed by atoms with Crippen LogP contribution in [0.2, 0.25) is 10.0 Å². The Kier molecular flexibility index (Phi) is 7.18. The standard InChI is InChI=1S/C29H25Cl2N3O3S/c1-5-37-28(36)25-17(3)32-29-34(26(25)19-9-7-6-8-10-19)27(35)24(38-29)14-20-13-16(2)33(18(20)4)21-11-12-22(30)23(31)15-21/h6-15,26H,5H2,1-4H3. The van der Waals surface area contributed by atoms with Gasteiger partial charge in [-0.05, 0) is 69.2 Å². The number of aromatic nitrogens is 2. The molecule has 4 aromatic rings. The second kappa shape index (κ2) is 10.4. The minimum atomic E-state index is -0.628. The minimum Gasteiger partial charge on any atom is -0.463 e. The molecule has 0 fully saturated rings. The van der Waals surface area contributed by atoms with Crippen molar-refractivity contribution in [2.75, 3.05) is 6.61 Å². The van der Waals surface area contributed by atoms with E-state index in [9.17, 15) is 9.59 Å². The zero-order chi connectivity index (χ0) is 27.1. The molecule has 0 saturated carbocycles. The van der Waals surface area contributed by atoms with Gasteiger partial charge >= 0.3 is 5.97 Å². The summed E-state index contributed by atoms with van der Waals surface area (Å²) in [5, 5.41) is 0.963. The van der Waals surface area contributed by atoms with E-state index in [0.29, 0.717) is 30.6 Å². The predicted octanol–water partition coefficient (Wildman–Crippen LogP) is 5.51. The van der Waals surface area contributed by atoms with Crippen molar-refractivity contribution in [3.63, 3.8) is 0 Å². The molecule has 1 aliphatic heterocycles.